The lowest BCUT2D eigenvalue weighted by atomic mass is 9.81. The van der Waals surface area contributed by atoms with Crippen LogP contribution in [0.2, 0.25) is 0 Å². The molecule has 4 rings (SSSR count). The summed E-state index contributed by atoms with van der Waals surface area (Å²) in [5, 5.41) is 10.0. The maximum absolute atomic E-state index is 12.8. The minimum atomic E-state index is -0.797. The molecule has 0 spiro atoms. The fourth-order valence-electron chi connectivity index (χ4n) is 5.25. The van der Waals surface area contributed by atoms with Gasteiger partial charge < -0.3 is 14.9 Å². The predicted molar refractivity (Wildman–Crippen MR) is 101 cm³/mol. The number of carboxylic acid groups (broad SMARTS) is 1. The average molecular weight is 371 g/mol. The van der Waals surface area contributed by atoms with Gasteiger partial charge in [0.1, 0.15) is 5.41 Å². The van der Waals surface area contributed by atoms with E-state index in [0.29, 0.717) is 19.6 Å². The third-order valence-corrected chi connectivity index (χ3v) is 6.75. The summed E-state index contributed by atoms with van der Waals surface area (Å²) in [6.45, 7) is 5.07. The largest absolute Gasteiger partial charge is 0.481 e. The maximum atomic E-state index is 12.8. The molecule has 3 heterocycles. The van der Waals surface area contributed by atoms with Gasteiger partial charge in [-0.25, -0.2) is 0 Å². The number of hydrogen-bond donors (Lipinski definition) is 1. The second kappa shape index (κ2) is 7.23. The number of nitrogens with zero attached hydrogens (tertiary/aromatic N) is 3. The first kappa shape index (κ1) is 18.4. The number of likely N-dealkylation sites (tertiary alicyclic amines) is 2. The van der Waals surface area contributed by atoms with Crippen molar-refractivity contribution in [2.24, 2.45) is 17.3 Å². The molecule has 1 saturated carbocycles. The molecule has 1 N–H and O–H groups in total. The molecule has 3 aliphatic rings. The van der Waals surface area contributed by atoms with Crippen LogP contribution in [0.1, 0.15) is 37.1 Å². The molecule has 1 amide bonds. The summed E-state index contributed by atoms with van der Waals surface area (Å²) in [6.07, 6.45) is 5.01. The first-order valence-electron chi connectivity index (χ1n) is 10.1. The quantitative estimate of drug-likeness (QED) is 0.857. The Bertz CT molecular complexity index is 731. The van der Waals surface area contributed by atoms with Crippen LogP contribution in [0.15, 0.2) is 18.2 Å². The molecule has 146 valence electrons. The number of aryl methyl sites for hydroxylation is 1. The van der Waals surface area contributed by atoms with Crippen molar-refractivity contribution < 1.29 is 14.7 Å². The van der Waals surface area contributed by atoms with Crippen molar-refractivity contribution in [1.82, 2.24) is 14.8 Å². The summed E-state index contributed by atoms with van der Waals surface area (Å²) in [5.41, 5.74) is 1.26. The molecule has 1 aromatic heterocycles. The number of pyridine rings is 1. The number of rotatable bonds is 5. The molecule has 1 aromatic rings. The van der Waals surface area contributed by atoms with E-state index in [1.807, 2.05) is 30.0 Å². The van der Waals surface area contributed by atoms with E-state index in [1.54, 1.807) is 0 Å². The molecule has 0 bridgehead atoms. The van der Waals surface area contributed by atoms with Crippen LogP contribution >= 0.6 is 0 Å². The molecule has 1 aliphatic carbocycles. The van der Waals surface area contributed by atoms with Gasteiger partial charge in [-0.3, -0.25) is 14.6 Å². The monoisotopic (exact) mass is 371 g/mol. The zero-order valence-electron chi connectivity index (χ0n) is 16.1. The lowest BCUT2D eigenvalue weighted by Gasteiger charge is -2.26. The number of amides is 1. The summed E-state index contributed by atoms with van der Waals surface area (Å²) in [7, 11) is 0. The highest BCUT2D eigenvalue weighted by atomic mass is 16.4. The number of aromatic nitrogens is 1. The smallest absolute Gasteiger partial charge is 0.313 e. The molecular formula is C21H29N3O3. The molecule has 2 atom stereocenters. The highest BCUT2D eigenvalue weighted by molar-refractivity contribution is 5.83. The number of fused-ring (bicyclic) bond motifs is 1. The Hall–Kier alpha value is -1.95. The van der Waals surface area contributed by atoms with Gasteiger partial charge in [0.15, 0.2) is 0 Å². The molecule has 27 heavy (non-hydrogen) atoms. The number of carboxylic acids is 1. The van der Waals surface area contributed by atoms with Crippen LogP contribution in [0.5, 0.6) is 0 Å². The summed E-state index contributed by atoms with van der Waals surface area (Å²) in [5.74, 6) is -0.396. The van der Waals surface area contributed by atoms with E-state index in [1.165, 1.54) is 0 Å². The third-order valence-electron chi connectivity index (χ3n) is 6.75. The van der Waals surface area contributed by atoms with Crippen LogP contribution in [-0.4, -0.2) is 64.5 Å². The lowest BCUT2D eigenvalue weighted by Crippen LogP contribution is -2.43. The Morgan fingerprint density at radius 2 is 2.00 bits per heavy atom. The second-order valence-electron chi connectivity index (χ2n) is 8.61. The fourth-order valence-corrected chi connectivity index (χ4v) is 5.25. The molecule has 6 heteroatoms. The van der Waals surface area contributed by atoms with Crippen molar-refractivity contribution >= 4 is 11.9 Å². The zero-order chi connectivity index (χ0) is 19.0. The number of hydrogen-bond acceptors (Lipinski definition) is 4. The van der Waals surface area contributed by atoms with Gasteiger partial charge in [-0.15, -0.1) is 0 Å². The van der Waals surface area contributed by atoms with Gasteiger partial charge in [-0.05, 0) is 31.9 Å². The number of aliphatic carboxylic acids is 1. The van der Waals surface area contributed by atoms with Crippen molar-refractivity contribution in [3.63, 3.8) is 0 Å². The average Bonchev–Trinajstić information content (AvgIpc) is 3.34. The van der Waals surface area contributed by atoms with Gasteiger partial charge in [0.25, 0.3) is 0 Å². The molecule has 3 fully saturated rings. The van der Waals surface area contributed by atoms with Gasteiger partial charge in [0, 0.05) is 62.4 Å². The summed E-state index contributed by atoms with van der Waals surface area (Å²) >= 11 is 0. The van der Waals surface area contributed by atoms with E-state index in [0.717, 1.165) is 56.6 Å². The topological polar surface area (TPSA) is 73.7 Å². The van der Waals surface area contributed by atoms with Crippen molar-refractivity contribution in [3.8, 4) is 0 Å². The van der Waals surface area contributed by atoms with Crippen LogP contribution in [0.4, 0.5) is 0 Å². The van der Waals surface area contributed by atoms with Crippen LogP contribution in [0.3, 0.4) is 0 Å². The molecule has 0 radical (unpaired) electrons. The first-order chi connectivity index (χ1) is 13.0. The first-order valence-corrected chi connectivity index (χ1v) is 10.1. The van der Waals surface area contributed by atoms with Crippen molar-refractivity contribution in [1.29, 1.82) is 0 Å². The van der Waals surface area contributed by atoms with Crippen LogP contribution in [0, 0.1) is 24.2 Å². The van der Waals surface area contributed by atoms with Crippen molar-refractivity contribution in [3.05, 3.63) is 29.6 Å². The Kier molecular flexibility index (Phi) is 4.93. The van der Waals surface area contributed by atoms with Crippen LogP contribution < -0.4 is 0 Å². The lowest BCUT2D eigenvalue weighted by molar-refractivity contribution is -0.149. The fraction of sp³-hybridized carbons (Fsp3) is 0.667. The maximum Gasteiger partial charge on any atom is 0.313 e. The Balaban J connectivity index is 1.40. The van der Waals surface area contributed by atoms with Crippen LogP contribution in [0.25, 0.3) is 0 Å². The highest BCUT2D eigenvalue weighted by Gasteiger charge is 2.58. The summed E-state index contributed by atoms with van der Waals surface area (Å²) in [4.78, 5) is 33.6. The van der Waals surface area contributed by atoms with Gasteiger partial charge in [-0.2, -0.15) is 0 Å². The molecule has 0 unspecified atom stereocenters. The Morgan fingerprint density at radius 1 is 1.22 bits per heavy atom. The molecule has 0 aromatic carbocycles. The summed E-state index contributed by atoms with van der Waals surface area (Å²) in [6, 6.07) is 6.03. The third kappa shape index (κ3) is 3.47. The van der Waals surface area contributed by atoms with E-state index in [4.69, 9.17) is 0 Å². The van der Waals surface area contributed by atoms with Crippen molar-refractivity contribution in [2.75, 3.05) is 32.7 Å². The minimum absolute atomic E-state index is 0.0332. The molecular weight excluding hydrogens is 342 g/mol. The molecule has 2 aliphatic heterocycles. The van der Waals surface area contributed by atoms with Gasteiger partial charge in [0.2, 0.25) is 5.91 Å². The predicted octanol–water partition coefficient (Wildman–Crippen LogP) is 1.97. The van der Waals surface area contributed by atoms with Gasteiger partial charge in [0.05, 0.1) is 0 Å². The van der Waals surface area contributed by atoms with E-state index < -0.39 is 11.4 Å². The van der Waals surface area contributed by atoms with E-state index in [2.05, 4.69) is 9.88 Å². The van der Waals surface area contributed by atoms with E-state index >= 15 is 0 Å². The molecule has 6 nitrogen and oxygen atoms in total. The highest BCUT2D eigenvalue weighted by Crippen LogP contribution is 2.44. The van der Waals surface area contributed by atoms with Crippen LogP contribution in [-0.2, 0) is 16.0 Å². The Labute approximate surface area is 160 Å². The standard InChI is InChI=1S/C21H29N3O3/c1-15-5-4-8-18(22-15)9-10-23-11-17-12-24(14-21(17,13-23)20(26)27)19(25)16-6-2-3-7-16/h4-5,8,16-17H,2-3,6-7,9-14H2,1H3,(H,26,27)/t17-,21-/m0/s1. The van der Waals surface area contributed by atoms with Gasteiger partial charge in [-0.1, -0.05) is 18.9 Å². The van der Waals surface area contributed by atoms with E-state index in [-0.39, 0.29) is 17.7 Å². The zero-order valence-corrected chi connectivity index (χ0v) is 16.1. The Morgan fingerprint density at radius 3 is 2.67 bits per heavy atom. The number of carbonyl (C=O) groups excluding carboxylic acids is 1. The minimum Gasteiger partial charge on any atom is -0.481 e. The normalized spacial score (nSPS) is 28.6. The van der Waals surface area contributed by atoms with Gasteiger partial charge >= 0.3 is 5.97 Å². The van der Waals surface area contributed by atoms with Crippen molar-refractivity contribution in [2.45, 2.75) is 39.0 Å². The SMILES string of the molecule is Cc1cccc(CCN2C[C@H]3CN(C(=O)C4CCCC4)C[C@@]3(C(=O)O)C2)n1. The molecule has 2 saturated heterocycles. The summed E-state index contributed by atoms with van der Waals surface area (Å²) < 4.78 is 0. The second-order valence-corrected chi connectivity index (χ2v) is 8.61. The van der Waals surface area contributed by atoms with E-state index in [9.17, 15) is 14.7 Å². The number of carbonyl (C=O) groups is 2.